The van der Waals surface area contributed by atoms with Crippen molar-refractivity contribution in [2.45, 2.75) is 6.10 Å². The zero-order valence-corrected chi connectivity index (χ0v) is 13.0. The Morgan fingerprint density at radius 3 is 2.58 bits per heavy atom. The highest BCUT2D eigenvalue weighted by Crippen LogP contribution is 2.30. The molecular weight excluding hydrogens is 339 g/mol. The van der Waals surface area contributed by atoms with Crippen molar-refractivity contribution in [1.82, 2.24) is 10.9 Å². The zero-order valence-electron chi connectivity index (χ0n) is 12.2. The van der Waals surface area contributed by atoms with Gasteiger partial charge in [0.05, 0.1) is 10.6 Å². The van der Waals surface area contributed by atoms with Gasteiger partial charge < -0.3 is 9.47 Å². The summed E-state index contributed by atoms with van der Waals surface area (Å²) in [6.45, 7) is -0.0147. The average molecular weight is 351 g/mol. The molecule has 0 aromatic heterocycles. The number of hydrogen-bond donors (Lipinski definition) is 2. The zero-order chi connectivity index (χ0) is 17.1. The number of para-hydroxylation sites is 2. The van der Waals surface area contributed by atoms with E-state index < -0.39 is 23.7 Å². The summed E-state index contributed by atoms with van der Waals surface area (Å²) in [6, 6.07) is 10.7. The van der Waals surface area contributed by atoms with Gasteiger partial charge in [0.25, 0.3) is 11.8 Å². The van der Waals surface area contributed by atoms with Crippen molar-refractivity contribution in [3.05, 3.63) is 58.9 Å². The first-order chi connectivity index (χ1) is 11.6. The van der Waals surface area contributed by atoms with Gasteiger partial charge in [0.2, 0.25) is 6.10 Å². The summed E-state index contributed by atoms with van der Waals surface area (Å²) >= 11 is 5.79. The Balaban J connectivity index is 1.61. The molecule has 1 aliphatic heterocycles. The van der Waals surface area contributed by atoms with E-state index in [1.807, 2.05) is 0 Å². The third-order valence-electron chi connectivity index (χ3n) is 3.29. The molecule has 3 rings (SSSR count). The van der Waals surface area contributed by atoms with Crippen LogP contribution in [-0.4, -0.2) is 24.5 Å². The first-order valence-electron chi connectivity index (χ1n) is 6.99. The lowest BCUT2D eigenvalue weighted by molar-refractivity contribution is -0.131. The highest BCUT2D eigenvalue weighted by Gasteiger charge is 2.28. The topological polar surface area (TPSA) is 76.7 Å². The van der Waals surface area contributed by atoms with E-state index in [9.17, 15) is 14.0 Å². The number of carbonyl (C=O) groups excluding carboxylic acids is 2. The van der Waals surface area contributed by atoms with Gasteiger partial charge in [-0.3, -0.25) is 20.4 Å². The molecule has 8 heteroatoms. The van der Waals surface area contributed by atoms with Crippen LogP contribution in [0.4, 0.5) is 4.39 Å². The van der Waals surface area contributed by atoms with Crippen LogP contribution in [0.25, 0.3) is 0 Å². The van der Waals surface area contributed by atoms with Gasteiger partial charge in [-0.05, 0) is 24.3 Å². The molecule has 6 nitrogen and oxygen atoms in total. The molecule has 2 aromatic carbocycles. The van der Waals surface area contributed by atoms with Crippen LogP contribution in [-0.2, 0) is 4.79 Å². The Morgan fingerprint density at radius 1 is 1.08 bits per heavy atom. The van der Waals surface area contributed by atoms with Gasteiger partial charge in [-0.15, -0.1) is 0 Å². The van der Waals surface area contributed by atoms with E-state index in [1.54, 1.807) is 24.3 Å². The second-order valence-electron chi connectivity index (χ2n) is 4.90. The summed E-state index contributed by atoms with van der Waals surface area (Å²) in [7, 11) is 0. The Kier molecular flexibility index (Phi) is 4.52. The molecule has 0 saturated heterocycles. The second-order valence-corrected chi connectivity index (χ2v) is 5.31. The molecule has 0 bridgehead atoms. The fourth-order valence-corrected chi connectivity index (χ4v) is 2.37. The molecular formula is C16H12ClFN2O4. The summed E-state index contributed by atoms with van der Waals surface area (Å²) in [5.74, 6) is -1.34. The first kappa shape index (κ1) is 16.1. The van der Waals surface area contributed by atoms with Gasteiger partial charge in [0, 0.05) is 0 Å². The number of ether oxygens (including phenoxy) is 2. The Labute approximate surface area is 141 Å². The maximum Gasteiger partial charge on any atom is 0.283 e. The molecule has 2 aromatic rings. The molecule has 1 aliphatic rings. The van der Waals surface area contributed by atoms with Crippen molar-refractivity contribution in [3.8, 4) is 11.5 Å². The number of amides is 2. The number of fused-ring (bicyclic) bond motifs is 1. The molecule has 0 radical (unpaired) electrons. The molecule has 0 unspecified atom stereocenters. The number of hydrogen-bond acceptors (Lipinski definition) is 4. The van der Waals surface area contributed by atoms with Crippen molar-refractivity contribution in [3.63, 3.8) is 0 Å². The van der Waals surface area contributed by atoms with Crippen molar-refractivity contribution in [2.24, 2.45) is 0 Å². The van der Waals surface area contributed by atoms with Crippen LogP contribution >= 0.6 is 11.6 Å². The Morgan fingerprint density at radius 2 is 1.83 bits per heavy atom. The number of hydrazine groups is 1. The molecule has 1 heterocycles. The Bertz CT molecular complexity index is 779. The van der Waals surface area contributed by atoms with E-state index in [1.165, 1.54) is 12.1 Å². The van der Waals surface area contributed by atoms with Crippen LogP contribution in [0, 0.1) is 5.82 Å². The highest BCUT2D eigenvalue weighted by molar-refractivity contribution is 6.33. The van der Waals surface area contributed by atoms with Crippen molar-refractivity contribution >= 4 is 23.4 Å². The van der Waals surface area contributed by atoms with Crippen molar-refractivity contribution in [2.75, 3.05) is 6.61 Å². The summed E-state index contributed by atoms with van der Waals surface area (Å²) in [5, 5.41) is -0.0621. The third-order valence-corrected chi connectivity index (χ3v) is 3.61. The van der Waals surface area contributed by atoms with Gasteiger partial charge >= 0.3 is 0 Å². The SMILES string of the molecule is O=C(NNC(=O)[C@H]1COc2ccccc2O1)c1c(F)cccc1Cl. The van der Waals surface area contributed by atoms with Gasteiger partial charge in [-0.2, -0.15) is 0 Å². The van der Waals surface area contributed by atoms with Crippen molar-refractivity contribution in [1.29, 1.82) is 0 Å². The van der Waals surface area contributed by atoms with Gasteiger partial charge in [-0.25, -0.2) is 4.39 Å². The van der Waals surface area contributed by atoms with E-state index in [0.717, 1.165) is 6.07 Å². The summed E-state index contributed by atoms with van der Waals surface area (Å²) in [5.41, 5.74) is 3.91. The monoisotopic (exact) mass is 350 g/mol. The van der Waals surface area contributed by atoms with Crippen LogP contribution in [0.15, 0.2) is 42.5 Å². The maximum atomic E-state index is 13.6. The molecule has 124 valence electrons. The van der Waals surface area contributed by atoms with E-state index in [4.69, 9.17) is 21.1 Å². The normalized spacial score (nSPS) is 15.5. The number of benzene rings is 2. The van der Waals surface area contributed by atoms with Crippen LogP contribution < -0.4 is 20.3 Å². The minimum Gasteiger partial charge on any atom is -0.485 e. The van der Waals surface area contributed by atoms with E-state index in [2.05, 4.69) is 10.9 Å². The van der Waals surface area contributed by atoms with E-state index in [0.29, 0.717) is 11.5 Å². The average Bonchev–Trinajstić information content (AvgIpc) is 2.59. The summed E-state index contributed by atoms with van der Waals surface area (Å²) < 4.78 is 24.5. The highest BCUT2D eigenvalue weighted by atomic mass is 35.5. The minimum atomic E-state index is -0.948. The van der Waals surface area contributed by atoms with Crippen molar-refractivity contribution < 1.29 is 23.5 Å². The minimum absolute atomic E-state index is 0.0147. The molecule has 0 fully saturated rings. The number of nitrogens with one attached hydrogen (secondary N) is 2. The predicted octanol–water partition coefficient (Wildman–Crippen LogP) is 2.08. The lowest BCUT2D eigenvalue weighted by Gasteiger charge is -2.25. The van der Waals surface area contributed by atoms with Crippen LogP contribution in [0.5, 0.6) is 11.5 Å². The molecule has 0 aliphatic carbocycles. The molecule has 2 N–H and O–H groups in total. The number of rotatable bonds is 2. The van der Waals surface area contributed by atoms with Crippen LogP contribution in [0.1, 0.15) is 10.4 Å². The fourth-order valence-electron chi connectivity index (χ4n) is 2.12. The number of carbonyl (C=O) groups is 2. The Hall–Kier alpha value is -2.80. The molecule has 24 heavy (non-hydrogen) atoms. The lowest BCUT2D eigenvalue weighted by Crippen LogP contribution is -2.51. The second kappa shape index (κ2) is 6.76. The van der Waals surface area contributed by atoms with E-state index in [-0.39, 0.29) is 17.2 Å². The maximum absolute atomic E-state index is 13.6. The number of halogens is 2. The van der Waals surface area contributed by atoms with Gasteiger partial charge in [0.1, 0.15) is 12.4 Å². The predicted molar refractivity (Wildman–Crippen MR) is 83.4 cm³/mol. The summed E-state index contributed by atoms with van der Waals surface area (Å²) in [6.07, 6.45) is -0.948. The largest absolute Gasteiger partial charge is 0.485 e. The standard InChI is InChI=1S/C16H12ClFN2O4/c17-9-4-3-5-10(18)14(9)16(22)20-19-15(21)13-8-23-11-6-1-2-7-12(11)24-13/h1-7,13H,8H2,(H,19,21)(H,20,22)/t13-/m1/s1. The molecule has 1 atom stereocenters. The molecule has 0 spiro atoms. The molecule has 0 saturated carbocycles. The molecule has 2 amide bonds. The van der Waals surface area contributed by atoms with Gasteiger partial charge in [-0.1, -0.05) is 29.8 Å². The van der Waals surface area contributed by atoms with Crippen LogP contribution in [0.2, 0.25) is 5.02 Å². The third kappa shape index (κ3) is 3.26. The van der Waals surface area contributed by atoms with Crippen LogP contribution in [0.3, 0.4) is 0 Å². The fraction of sp³-hybridized carbons (Fsp3) is 0.125. The first-order valence-corrected chi connectivity index (χ1v) is 7.37. The van der Waals surface area contributed by atoms with Gasteiger partial charge in [0.15, 0.2) is 11.5 Å². The van der Waals surface area contributed by atoms with E-state index >= 15 is 0 Å². The smallest absolute Gasteiger partial charge is 0.283 e. The summed E-state index contributed by atoms with van der Waals surface area (Å²) in [4.78, 5) is 24.0. The lowest BCUT2D eigenvalue weighted by atomic mass is 10.2. The quantitative estimate of drug-likeness (QED) is 0.813.